The number of nitrogen functional groups attached to an aromatic ring is 1. The molecule has 1 amide bonds. The number of hydrogen-bond donors (Lipinski definition) is 2. The van der Waals surface area contributed by atoms with E-state index in [9.17, 15) is 13.2 Å². The van der Waals surface area contributed by atoms with Crippen LogP contribution in [0.5, 0.6) is 0 Å². The summed E-state index contributed by atoms with van der Waals surface area (Å²) < 4.78 is 24.8. The molecule has 0 unspecified atom stereocenters. The fourth-order valence-corrected chi connectivity index (χ4v) is 2.05. The van der Waals surface area contributed by atoms with E-state index >= 15 is 0 Å². The Morgan fingerprint density at radius 2 is 1.78 bits per heavy atom. The van der Waals surface area contributed by atoms with Gasteiger partial charge in [0, 0.05) is 5.69 Å². The molecule has 0 heterocycles. The summed E-state index contributed by atoms with van der Waals surface area (Å²) >= 11 is 0. The predicted molar refractivity (Wildman–Crippen MR) is 71.5 cm³/mol. The molecule has 0 bridgehead atoms. The lowest BCUT2D eigenvalue weighted by Crippen LogP contribution is -2.43. The van der Waals surface area contributed by atoms with Crippen LogP contribution in [-0.4, -0.2) is 20.1 Å². The minimum absolute atomic E-state index is 0.128. The molecule has 1 rings (SSSR count). The van der Waals surface area contributed by atoms with Gasteiger partial charge in [-0.25, -0.2) is 8.42 Å². The van der Waals surface area contributed by atoms with E-state index in [-0.39, 0.29) is 5.75 Å². The highest BCUT2D eigenvalue weighted by Gasteiger charge is 2.32. The van der Waals surface area contributed by atoms with E-state index in [1.165, 1.54) is 6.92 Å². The molecule has 0 atom stereocenters. The number of nitrogens with two attached hydrogens (primary N) is 1. The standard InChI is InChI=1S/C12H18N2O3S/c1-4-18(16,17)14-11(15)12(2,3)9-5-7-10(13)8-6-9/h5-8H,4,13H2,1-3H3,(H,14,15). The van der Waals surface area contributed by atoms with Crippen molar-refractivity contribution in [2.75, 3.05) is 11.5 Å². The van der Waals surface area contributed by atoms with Gasteiger partial charge < -0.3 is 5.73 Å². The van der Waals surface area contributed by atoms with Gasteiger partial charge in [-0.1, -0.05) is 12.1 Å². The van der Waals surface area contributed by atoms with E-state index in [1.54, 1.807) is 38.1 Å². The van der Waals surface area contributed by atoms with Crippen LogP contribution in [0.25, 0.3) is 0 Å². The van der Waals surface area contributed by atoms with Crippen LogP contribution in [0.3, 0.4) is 0 Å². The second-order valence-electron chi connectivity index (χ2n) is 4.58. The summed E-state index contributed by atoms with van der Waals surface area (Å²) in [6.07, 6.45) is 0. The first-order chi connectivity index (χ1) is 8.19. The number of hydrogen-bond acceptors (Lipinski definition) is 4. The van der Waals surface area contributed by atoms with Crippen LogP contribution >= 0.6 is 0 Å². The number of carbonyl (C=O) groups is 1. The first-order valence-corrected chi connectivity index (χ1v) is 7.25. The molecule has 0 radical (unpaired) electrons. The topological polar surface area (TPSA) is 89.3 Å². The van der Waals surface area contributed by atoms with E-state index in [0.717, 1.165) is 0 Å². The lowest BCUT2D eigenvalue weighted by atomic mass is 9.84. The van der Waals surface area contributed by atoms with Crippen molar-refractivity contribution in [2.24, 2.45) is 0 Å². The Kier molecular flexibility index (Phi) is 4.01. The van der Waals surface area contributed by atoms with Gasteiger partial charge in [-0.3, -0.25) is 9.52 Å². The number of nitrogens with one attached hydrogen (secondary N) is 1. The zero-order chi connectivity index (χ0) is 14.0. The Hall–Kier alpha value is -1.56. The fourth-order valence-electron chi connectivity index (χ4n) is 1.37. The van der Waals surface area contributed by atoms with Crippen molar-refractivity contribution in [1.29, 1.82) is 0 Å². The molecule has 1 aromatic carbocycles. The van der Waals surface area contributed by atoms with Crippen LogP contribution in [-0.2, 0) is 20.2 Å². The highest BCUT2D eigenvalue weighted by atomic mass is 32.2. The van der Waals surface area contributed by atoms with Gasteiger partial charge >= 0.3 is 0 Å². The SMILES string of the molecule is CCS(=O)(=O)NC(=O)C(C)(C)c1ccc(N)cc1. The third-order valence-corrected chi connectivity index (χ3v) is 4.08. The molecule has 0 saturated heterocycles. The van der Waals surface area contributed by atoms with Gasteiger partial charge in [0.1, 0.15) is 0 Å². The van der Waals surface area contributed by atoms with Crippen LogP contribution in [0.1, 0.15) is 26.3 Å². The van der Waals surface area contributed by atoms with Gasteiger partial charge in [-0.05, 0) is 38.5 Å². The molecular formula is C12H18N2O3S. The van der Waals surface area contributed by atoms with E-state index < -0.39 is 21.3 Å². The van der Waals surface area contributed by atoms with Crippen LogP contribution in [0.2, 0.25) is 0 Å². The summed E-state index contributed by atoms with van der Waals surface area (Å²) in [5.41, 5.74) is 5.94. The van der Waals surface area contributed by atoms with Crippen molar-refractivity contribution in [3.63, 3.8) is 0 Å². The minimum Gasteiger partial charge on any atom is -0.399 e. The number of sulfonamides is 1. The third-order valence-electron chi connectivity index (χ3n) is 2.83. The first kappa shape index (κ1) is 14.5. The molecule has 0 aliphatic carbocycles. The molecule has 5 nitrogen and oxygen atoms in total. The molecule has 0 aliphatic heterocycles. The van der Waals surface area contributed by atoms with Crippen molar-refractivity contribution in [3.05, 3.63) is 29.8 Å². The zero-order valence-electron chi connectivity index (χ0n) is 10.7. The smallest absolute Gasteiger partial charge is 0.243 e. The number of benzene rings is 1. The molecule has 6 heteroatoms. The van der Waals surface area contributed by atoms with Gasteiger partial charge in [-0.15, -0.1) is 0 Å². The van der Waals surface area contributed by atoms with Gasteiger partial charge in [0.05, 0.1) is 11.2 Å². The molecule has 3 N–H and O–H groups in total. The van der Waals surface area contributed by atoms with E-state index in [0.29, 0.717) is 11.3 Å². The number of rotatable bonds is 4. The van der Waals surface area contributed by atoms with E-state index in [1.807, 2.05) is 0 Å². The normalized spacial score (nSPS) is 12.2. The molecule has 100 valence electrons. The molecular weight excluding hydrogens is 252 g/mol. The summed E-state index contributed by atoms with van der Waals surface area (Å²) in [5.74, 6) is -0.676. The summed E-state index contributed by atoms with van der Waals surface area (Å²) in [6, 6.07) is 6.79. The molecule has 0 fully saturated rings. The highest BCUT2D eigenvalue weighted by Crippen LogP contribution is 2.24. The lowest BCUT2D eigenvalue weighted by Gasteiger charge is -2.23. The summed E-state index contributed by atoms with van der Waals surface area (Å²) in [5, 5.41) is 0. The second kappa shape index (κ2) is 4.97. The van der Waals surface area contributed by atoms with Gasteiger partial charge in [-0.2, -0.15) is 0 Å². The summed E-state index contributed by atoms with van der Waals surface area (Å²) in [6.45, 7) is 4.81. The quantitative estimate of drug-likeness (QED) is 0.799. The Morgan fingerprint density at radius 3 is 2.22 bits per heavy atom. The van der Waals surface area contributed by atoms with Crippen LogP contribution in [0.4, 0.5) is 5.69 Å². The number of anilines is 1. The Morgan fingerprint density at radius 1 is 1.28 bits per heavy atom. The van der Waals surface area contributed by atoms with Gasteiger partial charge in [0.15, 0.2) is 0 Å². The van der Waals surface area contributed by atoms with Gasteiger partial charge in [0.2, 0.25) is 15.9 Å². The fraction of sp³-hybridized carbons (Fsp3) is 0.417. The van der Waals surface area contributed by atoms with Crippen molar-refractivity contribution in [2.45, 2.75) is 26.2 Å². The second-order valence-corrected chi connectivity index (χ2v) is 6.59. The van der Waals surface area contributed by atoms with E-state index in [2.05, 4.69) is 4.72 Å². The lowest BCUT2D eigenvalue weighted by molar-refractivity contribution is -0.123. The van der Waals surface area contributed by atoms with Crippen molar-refractivity contribution in [3.8, 4) is 0 Å². The summed E-state index contributed by atoms with van der Waals surface area (Å²) in [4.78, 5) is 12.0. The maximum Gasteiger partial charge on any atom is 0.243 e. The average Bonchev–Trinajstić information content (AvgIpc) is 2.29. The summed E-state index contributed by atoms with van der Waals surface area (Å²) in [7, 11) is -3.54. The average molecular weight is 270 g/mol. The molecule has 1 aromatic rings. The Labute approximate surface area is 107 Å². The van der Waals surface area contributed by atoms with Crippen LogP contribution < -0.4 is 10.5 Å². The molecule has 0 aliphatic rings. The van der Waals surface area contributed by atoms with Crippen molar-refractivity contribution < 1.29 is 13.2 Å². The van der Waals surface area contributed by atoms with Crippen molar-refractivity contribution in [1.82, 2.24) is 4.72 Å². The van der Waals surface area contributed by atoms with E-state index in [4.69, 9.17) is 5.73 Å². The maximum absolute atomic E-state index is 12.0. The maximum atomic E-state index is 12.0. The highest BCUT2D eigenvalue weighted by molar-refractivity contribution is 7.90. The van der Waals surface area contributed by atoms with Crippen LogP contribution in [0.15, 0.2) is 24.3 Å². The zero-order valence-corrected chi connectivity index (χ0v) is 11.5. The van der Waals surface area contributed by atoms with Gasteiger partial charge in [0.25, 0.3) is 0 Å². The minimum atomic E-state index is -3.54. The molecule has 0 spiro atoms. The Bertz CT molecular complexity index is 533. The first-order valence-electron chi connectivity index (χ1n) is 5.60. The number of amides is 1. The van der Waals surface area contributed by atoms with Crippen LogP contribution in [0, 0.1) is 0 Å². The monoisotopic (exact) mass is 270 g/mol. The predicted octanol–water partition coefficient (Wildman–Crippen LogP) is 1.01. The molecule has 0 saturated carbocycles. The molecule has 18 heavy (non-hydrogen) atoms. The van der Waals surface area contributed by atoms with Crippen molar-refractivity contribution >= 4 is 21.6 Å². The third kappa shape index (κ3) is 3.22. The largest absolute Gasteiger partial charge is 0.399 e. The molecule has 0 aromatic heterocycles. The Balaban J connectivity index is 3.00. The number of carbonyl (C=O) groups excluding carboxylic acids is 1.